The van der Waals surface area contributed by atoms with E-state index < -0.39 is 30.7 Å². The van der Waals surface area contributed by atoms with Gasteiger partial charge in [0.15, 0.2) is 6.29 Å². The van der Waals surface area contributed by atoms with Gasteiger partial charge in [-0.2, -0.15) is 0 Å². The molecule has 1 saturated heterocycles. The molecule has 1 heterocycles. The zero-order valence-corrected chi connectivity index (χ0v) is 6.24. The van der Waals surface area contributed by atoms with Crippen molar-refractivity contribution >= 4 is 0 Å². The standard InChI is InChI=1S/C6H12O6/c7-2-1-12-6(11)5(10)4(9)3(2)8/h2-11H,1H2/t2-,3+,4+,5+,6?/m0/s1. The molecule has 0 saturated carbocycles. The van der Waals surface area contributed by atoms with Crippen LogP contribution < -0.4 is 0 Å². The molecule has 0 amide bonds. The van der Waals surface area contributed by atoms with Gasteiger partial charge in [-0.15, -0.1) is 0 Å². The van der Waals surface area contributed by atoms with Crippen molar-refractivity contribution < 1.29 is 30.3 Å². The highest BCUT2D eigenvalue weighted by Crippen LogP contribution is 2.14. The smallest absolute Gasteiger partial charge is 0.183 e. The van der Waals surface area contributed by atoms with Crippen molar-refractivity contribution in [3.8, 4) is 0 Å². The first-order valence-electron chi connectivity index (χ1n) is 3.56. The van der Waals surface area contributed by atoms with E-state index >= 15 is 0 Å². The monoisotopic (exact) mass is 180 g/mol. The predicted octanol–water partition coefficient (Wildman–Crippen LogP) is -3.22. The molecule has 1 rings (SSSR count). The zero-order valence-electron chi connectivity index (χ0n) is 6.24. The summed E-state index contributed by atoms with van der Waals surface area (Å²) in [5, 5.41) is 45.1. The second-order valence-corrected chi connectivity index (χ2v) is 2.76. The van der Waals surface area contributed by atoms with Crippen LogP contribution in [0.4, 0.5) is 0 Å². The maximum absolute atomic E-state index is 9.07. The third-order valence-corrected chi connectivity index (χ3v) is 1.82. The summed E-state index contributed by atoms with van der Waals surface area (Å²) in [6.07, 6.45) is -7.58. The Bertz CT molecular complexity index is 135. The van der Waals surface area contributed by atoms with E-state index in [1.54, 1.807) is 0 Å². The maximum atomic E-state index is 9.07. The van der Waals surface area contributed by atoms with Gasteiger partial charge in [0.05, 0.1) is 6.61 Å². The van der Waals surface area contributed by atoms with Crippen LogP contribution in [0.25, 0.3) is 0 Å². The van der Waals surface area contributed by atoms with E-state index in [1.807, 2.05) is 0 Å². The molecule has 5 atom stereocenters. The van der Waals surface area contributed by atoms with Crippen LogP contribution in [0.15, 0.2) is 0 Å². The van der Waals surface area contributed by atoms with Crippen molar-refractivity contribution in [1.29, 1.82) is 0 Å². The van der Waals surface area contributed by atoms with Crippen LogP contribution in [0.1, 0.15) is 0 Å². The molecule has 1 unspecified atom stereocenters. The minimum absolute atomic E-state index is 0.323. The minimum Gasteiger partial charge on any atom is -0.388 e. The molecule has 0 aromatic carbocycles. The van der Waals surface area contributed by atoms with E-state index in [9.17, 15) is 0 Å². The normalized spacial score (nSPS) is 50.2. The molecule has 0 aliphatic carbocycles. The summed E-state index contributed by atoms with van der Waals surface area (Å²) in [5.74, 6) is 0. The molecule has 5 N–H and O–H groups in total. The van der Waals surface area contributed by atoms with Crippen LogP contribution in [0, 0.1) is 0 Å². The summed E-state index contributed by atoms with van der Waals surface area (Å²) in [6.45, 7) is -0.323. The molecular weight excluding hydrogens is 168 g/mol. The Hall–Kier alpha value is -0.240. The number of aliphatic hydroxyl groups excluding tert-OH is 5. The van der Waals surface area contributed by atoms with Crippen LogP contribution in [-0.4, -0.2) is 62.8 Å². The van der Waals surface area contributed by atoms with Crippen molar-refractivity contribution in [3.05, 3.63) is 0 Å². The topological polar surface area (TPSA) is 110 Å². The summed E-state index contributed by atoms with van der Waals surface area (Å²) in [4.78, 5) is 0. The lowest BCUT2D eigenvalue weighted by Crippen LogP contribution is -2.46. The van der Waals surface area contributed by atoms with Crippen LogP contribution in [0.2, 0.25) is 0 Å². The largest absolute Gasteiger partial charge is 0.388 e. The molecule has 1 fully saturated rings. The molecule has 6 nitrogen and oxygen atoms in total. The number of hydrogen-bond acceptors (Lipinski definition) is 6. The quantitative estimate of drug-likeness (QED) is 0.268. The maximum Gasteiger partial charge on any atom is 0.183 e. The number of hydrogen-bond donors (Lipinski definition) is 5. The highest BCUT2D eigenvalue weighted by molar-refractivity contribution is 4.85. The highest BCUT2D eigenvalue weighted by Gasteiger charge is 2.38. The van der Waals surface area contributed by atoms with Gasteiger partial charge in [-0.25, -0.2) is 0 Å². The van der Waals surface area contributed by atoms with E-state index in [0.717, 1.165) is 0 Å². The van der Waals surface area contributed by atoms with Crippen molar-refractivity contribution in [2.24, 2.45) is 0 Å². The Kier molecular flexibility index (Phi) is 2.99. The molecule has 1 aliphatic rings. The van der Waals surface area contributed by atoms with Gasteiger partial charge in [0.2, 0.25) is 0 Å². The van der Waals surface area contributed by atoms with Crippen molar-refractivity contribution in [2.75, 3.05) is 6.61 Å². The number of aliphatic hydroxyl groups is 5. The second kappa shape index (κ2) is 3.65. The third kappa shape index (κ3) is 1.74. The van der Waals surface area contributed by atoms with Crippen LogP contribution in [0.3, 0.4) is 0 Å². The first-order chi connectivity index (χ1) is 5.54. The molecule has 1 aliphatic heterocycles. The number of ether oxygens (including phenoxy) is 1. The number of rotatable bonds is 0. The van der Waals surface area contributed by atoms with E-state index in [4.69, 9.17) is 25.5 Å². The Morgan fingerprint density at radius 1 is 0.833 bits per heavy atom. The molecular formula is C6H12O6. The lowest BCUT2D eigenvalue weighted by atomic mass is 10.0. The van der Waals surface area contributed by atoms with Gasteiger partial charge in [-0.1, -0.05) is 0 Å². The fraction of sp³-hybridized carbons (Fsp3) is 1.00. The fourth-order valence-corrected chi connectivity index (χ4v) is 0.993. The molecule has 6 heteroatoms. The Labute approximate surface area is 68.6 Å². The average molecular weight is 180 g/mol. The van der Waals surface area contributed by atoms with Gasteiger partial charge in [-0.3, -0.25) is 0 Å². The Balaban J connectivity index is 2.68. The lowest BCUT2D eigenvalue weighted by Gasteiger charge is -2.22. The molecule has 0 radical (unpaired) electrons. The van der Waals surface area contributed by atoms with E-state index in [1.165, 1.54) is 0 Å². The van der Waals surface area contributed by atoms with Crippen molar-refractivity contribution in [1.82, 2.24) is 0 Å². The van der Waals surface area contributed by atoms with Crippen LogP contribution in [-0.2, 0) is 4.74 Å². The average Bonchev–Trinajstić information content (AvgIpc) is 2.14. The van der Waals surface area contributed by atoms with Gasteiger partial charge in [0.1, 0.15) is 24.4 Å². The molecule has 0 aromatic rings. The highest BCUT2D eigenvalue weighted by atomic mass is 16.6. The Morgan fingerprint density at radius 3 is 2.00 bits per heavy atom. The van der Waals surface area contributed by atoms with Crippen molar-refractivity contribution in [2.45, 2.75) is 30.7 Å². The second-order valence-electron chi connectivity index (χ2n) is 2.76. The first-order valence-corrected chi connectivity index (χ1v) is 3.56. The van der Waals surface area contributed by atoms with E-state index in [2.05, 4.69) is 4.74 Å². The zero-order chi connectivity index (χ0) is 9.30. The molecule has 0 aromatic heterocycles. The summed E-state index contributed by atoms with van der Waals surface area (Å²) in [5.41, 5.74) is 0. The van der Waals surface area contributed by atoms with Crippen molar-refractivity contribution in [3.63, 3.8) is 0 Å². The van der Waals surface area contributed by atoms with Gasteiger partial charge in [-0.05, 0) is 0 Å². The summed E-state index contributed by atoms with van der Waals surface area (Å²) < 4.78 is 4.50. The Morgan fingerprint density at radius 2 is 1.42 bits per heavy atom. The van der Waals surface area contributed by atoms with Crippen LogP contribution in [0.5, 0.6) is 0 Å². The first kappa shape index (κ1) is 9.85. The molecule has 0 bridgehead atoms. The van der Waals surface area contributed by atoms with Gasteiger partial charge >= 0.3 is 0 Å². The molecule has 0 spiro atoms. The van der Waals surface area contributed by atoms with E-state index in [0.29, 0.717) is 0 Å². The minimum atomic E-state index is -1.60. The summed E-state index contributed by atoms with van der Waals surface area (Å²) in [7, 11) is 0. The molecule has 12 heavy (non-hydrogen) atoms. The fourth-order valence-electron chi connectivity index (χ4n) is 0.993. The summed E-state index contributed by atoms with van der Waals surface area (Å²) >= 11 is 0. The predicted molar refractivity (Wildman–Crippen MR) is 36.0 cm³/mol. The summed E-state index contributed by atoms with van der Waals surface area (Å²) in [6, 6.07) is 0. The lowest BCUT2D eigenvalue weighted by molar-refractivity contribution is -0.181. The van der Waals surface area contributed by atoms with Gasteiger partial charge < -0.3 is 30.3 Å². The van der Waals surface area contributed by atoms with Gasteiger partial charge in [0, 0.05) is 0 Å². The van der Waals surface area contributed by atoms with E-state index in [-0.39, 0.29) is 6.61 Å². The van der Waals surface area contributed by atoms with Gasteiger partial charge in [0.25, 0.3) is 0 Å². The third-order valence-electron chi connectivity index (χ3n) is 1.82. The van der Waals surface area contributed by atoms with Crippen LogP contribution >= 0.6 is 0 Å². The SMILES string of the molecule is OC1OC[C@H](O)[C@@H](O)[C@@H](O)[C@H]1O. The molecule has 72 valence electrons.